The Morgan fingerprint density at radius 2 is 2.00 bits per heavy atom. The minimum absolute atomic E-state index is 0.0593. The van der Waals surface area contributed by atoms with Crippen LogP contribution in [0.25, 0.3) is 0 Å². The SMILES string of the molecule is C[C@@H](c1ccc(Cl)cc1)N(C)C(=O)[C@H]1CCCN(C(=O)c2ccco2)C1. The zero-order valence-corrected chi connectivity index (χ0v) is 15.8. The Kier molecular flexibility index (Phi) is 5.67. The summed E-state index contributed by atoms with van der Waals surface area (Å²) < 4.78 is 5.20. The first-order valence-electron chi connectivity index (χ1n) is 8.82. The summed E-state index contributed by atoms with van der Waals surface area (Å²) in [7, 11) is 1.81. The molecule has 1 saturated heterocycles. The highest BCUT2D eigenvalue weighted by Gasteiger charge is 2.32. The zero-order chi connectivity index (χ0) is 18.7. The van der Waals surface area contributed by atoms with Crippen LogP contribution in [0.5, 0.6) is 0 Å². The van der Waals surface area contributed by atoms with Crippen LogP contribution in [0, 0.1) is 5.92 Å². The van der Waals surface area contributed by atoms with Gasteiger partial charge in [-0.05, 0) is 49.6 Å². The van der Waals surface area contributed by atoms with Gasteiger partial charge in [-0.15, -0.1) is 0 Å². The Morgan fingerprint density at radius 1 is 1.27 bits per heavy atom. The number of carbonyl (C=O) groups is 2. The van der Waals surface area contributed by atoms with E-state index in [1.165, 1.54) is 6.26 Å². The summed E-state index contributed by atoms with van der Waals surface area (Å²) in [4.78, 5) is 28.9. The van der Waals surface area contributed by atoms with Crippen molar-refractivity contribution in [3.63, 3.8) is 0 Å². The summed E-state index contributed by atoms with van der Waals surface area (Å²) in [6.07, 6.45) is 3.09. The van der Waals surface area contributed by atoms with Crippen molar-refractivity contribution in [3.8, 4) is 0 Å². The molecule has 0 spiro atoms. The second-order valence-corrected chi connectivity index (χ2v) is 7.18. The van der Waals surface area contributed by atoms with Gasteiger partial charge in [-0.2, -0.15) is 0 Å². The topological polar surface area (TPSA) is 53.8 Å². The number of halogens is 1. The molecular formula is C20H23ClN2O3. The Morgan fingerprint density at radius 3 is 2.65 bits per heavy atom. The third-order valence-corrected chi connectivity index (χ3v) is 5.32. The van der Waals surface area contributed by atoms with Gasteiger partial charge in [0.15, 0.2) is 5.76 Å². The molecule has 1 aliphatic heterocycles. The first-order chi connectivity index (χ1) is 12.5. The lowest BCUT2D eigenvalue weighted by Gasteiger charge is -2.35. The number of furan rings is 1. The fourth-order valence-electron chi connectivity index (χ4n) is 3.36. The van der Waals surface area contributed by atoms with Gasteiger partial charge in [0.05, 0.1) is 18.2 Å². The van der Waals surface area contributed by atoms with Crippen molar-refractivity contribution in [2.24, 2.45) is 5.92 Å². The smallest absolute Gasteiger partial charge is 0.289 e. The van der Waals surface area contributed by atoms with Gasteiger partial charge in [0.2, 0.25) is 5.91 Å². The largest absolute Gasteiger partial charge is 0.459 e. The highest BCUT2D eigenvalue weighted by Crippen LogP contribution is 2.26. The van der Waals surface area contributed by atoms with Crippen LogP contribution in [0.2, 0.25) is 5.02 Å². The predicted molar refractivity (Wildman–Crippen MR) is 100.0 cm³/mol. The maximum absolute atomic E-state index is 13.0. The maximum Gasteiger partial charge on any atom is 0.289 e. The molecule has 0 saturated carbocycles. The van der Waals surface area contributed by atoms with E-state index in [1.54, 1.807) is 21.9 Å². The van der Waals surface area contributed by atoms with E-state index in [9.17, 15) is 9.59 Å². The van der Waals surface area contributed by atoms with Gasteiger partial charge in [-0.1, -0.05) is 23.7 Å². The molecule has 0 radical (unpaired) electrons. The van der Waals surface area contributed by atoms with Crippen LogP contribution in [0.15, 0.2) is 47.1 Å². The molecule has 2 atom stereocenters. The van der Waals surface area contributed by atoms with E-state index in [2.05, 4.69) is 0 Å². The van der Waals surface area contributed by atoms with E-state index in [0.29, 0.717) is 23.9 Å². The standard InChI is InChI=1S/C20H23ClN2O3/c1-14(15-7-9-17(21)10-8-15)22(2)19(24)16-5-3-11-23(13-16)20(25)18-6-4-12-26-18/h4,6-10,12,14,16H,3,5,11,13H2,1-2H3/t14-,16-/m0/s1. The number of amides is 2. The van der Waals surface area contributed by atoms with Gasteiger partial charge in [0.25, 0.3) is 5.91 Å². The lowest BCUT2D eigenvalue weighted by molar-refractivity contribution is -0.137. The average molecular weight is 375 g/mol. The summed E-state index contributed by atoms with van der Waals surface area (Å²) in [6, 6.07) is 10.8. The van der Waals surface area contributed by atoms with Crippen molar-refractivity contribution in [1.82, 2.24) is 9.80 Å². The monoisotopic (exact) mass is 374 g/mol. The van der Waals surface area contributed by atoms with E-state index in [4.69, 9.17) is 16.0 Å². The van der Waals surface area contributed by atoms with Crippen molar-refractivity contribution < 1.29 is 14.0 Å². The molecule has 0 aliphatic carbocycles. The van der Waals surface area contributed by atoms with Crippen LogP contribution in [0.4, 0.5) is 0 Å². The van der Waals surface area contributed by atoms with E-state index >= 15 is 0 Å². The second-order valence-electron chi connectivity index (χ2n) is 6.74. The van der Waals surface area contributed by atoms with Crippen molar-refractivity contribution in [2.45, 2.75) is 25.8 Å². The number of piperidine rings is 1. The fourth-order valence-corrected chi connectivity index (χ4v) is 3.49. The third-order valence-electron chi connectivity index (χ3n) is 5.07. The molecule has 0 bridgehead atoms. The van der Waals surface area contributed by atoms with Crippen molar-refractivity contribution in [3.05, 3.63) is 59.0 Å². The number of nitrogens with zero attached hydrogens (tertiary/aromatic N) is 2. The first kappa shape index (κ1) is 18.5. The van der Waals surface area contributed by atoms with Crippen molar-refractivity contribution in [1.29, 1.82) is 0 Å². The quantitative estimate of drug-likeness (QED) is 0.812. The van der Waals surface area contributed by atoms with Crippen LogP contribution >= 0.6 is 11.6 Å². The summed E-state index contributed by atoms with van der Waals surface area (Å²) in [6.45, 7) is 3.07. The summed E-state index contributed by atoms with van der Waals surface area (Å²) in [5.41, 5.74) is 1.03. The summed E-state index contributed by atoms with van der Waals surface area (Å²) >= 11 is 5.94. The van der Waals surface area contributed by atoms with E-state index in [-0.39, 0.29) is 23.8 Å². The van der Waals surface area contributed by atoms with E-state index in [1.807, 2.05) is 38.2 Å². The first-order valence-corrected chi connectivity index (χ1v) is 9.20. The normalized spacial score (nSPS) is 18.4. The molecule has 6 heteroatoms. The molecule has 5 nitrogen and oxygen atoms in total. The number of benzene rings is 1. The van der Waals surface area contributed by atoms with Crippen LogP contribution in [0.3, 0.4) is 0 Å². The Bertz CT molecular complexity index is 758. The predicted octanol–water partition coefficient (Wildman–Crippen LogP) is 4.00. The van der Waals surface area contributed by atoms with Gasteiger partial charge >= 0.3 is 0 Å². The molecule has 0 unspecified atom stereocenters. The van der Waals surface area contributed by atoms with Gasteiger partial charge in [0, 0.05) is 25.2 Å². The minimum Gasteiger partial charge on any atom is -0.459 e. The minimum atomic E-state index is -0.192. The zero-order valence-electron chi connectivity index (χ0n) is 15.0. The number of rotatable bonds is 4. The lowest BCUT2D eigenvalue weighted by Crippen LogP contribution is -2.46. The molecule has 138 valence electrons. The van der Waals surface area contributed by atoms with Crippen LogP contribution in [-0.2, 0) is 4.79 Å². The van der Waals surface area contributed by atoms with Crippen LogP contribution < -0.4 is 0 Å². The Hall–Kier alpha value is -2.27. The fraction of sp³-hybridized carbons (Fsp3) is 0.400. The molecule has 26 heavy (non-hydrogen) atoms. The van der Waals surface area contributed by atoms with Gasteiger partial charge in [0.1, 0.15) is 0 Å². The Balaban J connectivity index is 1.66. The molecule has 0 N–H and O–H groups in total. The van der Waals surface area contributed by atoms with Crippen molar-refractivity contribution in [2.75, 3.05) is 20.1 Å². The highest BCUT2D eigenvalue weighted by atomic mass is 35.5. The average Bonchev–Trinajstić information content (AvgIpc) is 3.21. The second kappa shape index (κ2) is 7.96. The molecule has 1 aromatic heterocycles. The summed E-state index contributed by atoms with van der Waals surface area (Å²) in [5, 5.41) is 0.675. The molecule has 1 aromatic carbocycles. The van der Waals surface area contributed by atoms with Crippen LogP contribution in [0.1, 0.15) is 41.9 Å². The molecule has 2 aromatic rings. The lowest BCUT2D eigenvalue weighted by atomic mass is 9.95. The highest BCUT2D eigenvalue weighted by molar-refractivity contribution is 6.30. The molecule has 2 amide bonds. The summed E-state index contributed by atoms with van der Waals surface area (Å²) in [5.74, 6) is 0.0358. The van der Waals surface area contributed by atoms with Crippen LogP contribution in [-0.4, -0.2) is 41.8 Å². The van der Waals surface area contributed by atoms with E-state index in [0.717, 1.165) is 18.4 Å². The molecular weight excluding hydrogens is 352 g/mol. The van der Waals surface area contributed by atoms with Gasteiger partial charge in [-0.25, -0.2) is 0 Å². The number of hydrogen-bond donors (Lipinski definition) is 0. The number of carbonyl (C=O) groups excluding carboxylic acids is 2. The molecule has 2 heterocycles. The van der Waals surface area contributed by atoms with E-state index < -0.39 is 0 Å². The number of hydrogen-bond acceptors (Lipinski definition) is 3. The number of likely N-dealkylation sites (tertiary alicyclic amines) is 1. The maximum atomic E-state index is 13.0. The Labute approximate surface area is 158 Å². The third kappa shape index (κ3) is 3.93. The van der Waals surface area contributed by atoms with Gasteiger partial charge < -0.3 is 14.2 Å². The molecule has 1 aliphatic rings. The van der Waals surface area contributed by atoms with Gasteiger partial charge in [-0.3, -0.25) is 9.59 Å². The molecule has 1 fully saturated rings. The molecule has 3 rings (SSSR count). The van der Waals surface area contributed by atoms with Crippen molar-refractivity contribution >= 4 is 23.4 Å².